The molecule has 28 heavy (non-hydrogen) atoms. The summed E-state index contributed by atoms with van der Waals surface area (Å²) in [5.74, 6) is 2.24. The number of H-pyrrole nitrogens is 1. The molecule has 1 amide bonds. The summed E-state index contributed by atoms with van der Waals surface area (Å²) >= 11 is 0. The Morgan fingerprint density at radius 1 is 1.36 bits per heavy atom. The van der Waals surface area contributed by atoms with Gasteiger partial charge in [-0.3, -0.25) is 0 Å². The van der Waals surface area contributed by atoms with Crippen molar-refractivity contribution in [3.63, 3.8) is 0 Å². The Hall–Kier alpha value is -2.90. The highest BCUT2D eigenvalue weighted by Gasteiger charge is 2.27. The summed E-state index contributed by atoms with van der Waals surface area (Å²) in [6.07, 6.45) is 7.47. The molecule has 0 radical (unpaired) electrons. The van der Waals surface area contributed by atoms with E-state index >= 15 is 0 Å². The van der Waals surface area contributed by atoms with E-state index in [2.05, 4.69) is 25.2 Å². The van der Waals surface area contributed by atoms with Gasteiger partial charge in [0, 0.05) is 24.7 Å². The number of anilines is 1. The number of aryl methyl sites for hydroxylation is 1. The van der Waals surface area contributed by atoms with Gasteiger partial charge in [0.2, 0.25) is 0 Å². The van der Waals surface area contributed by atoms with E-state index in [4.69, 9.17) is 9.72 Å². The Morgan fingerprint density at radius 2 is 2.25 bits per heavy atom. The van der Waals surface area contributed by atoms with Crippen molar-refractivity contribution in [2.24, 2.45) is 5.92 Å². The van der Waals surface area contributed by atoms with Gasteiger partial charge < -0.3 is 19.9 Å². The number of rotatable bonds is 4. The molecule has 0 bridgehead atoms. The molecule has 1 unspecified atom stereocenters. The number of piperidine rings is 1. The van der Waals surface area contributed by atoms with E-state index in [0.29, 0.717) is 18.3 Å². The zero-order valence-electron chi connectivity index (χ0n) is 15.9. The van der Waals surface area contributed by atoms with Crippen molar-refractivity contribution in [3.8, 4) is 0 Å². The number of fused-ring (bicyclic) bond motifs is 3. The fraction of sp³-hybridized carbons (Fsp3) is 0.500. The molecule has 4 heterocycles. The summed E-state index contributed by atoms with van der Waals surface area (Å²) in [7, 11) is 0. The van der Waals surface area contributed by atoms with Crippen LogP contribution in [0.1, 0.15) is 31.5 Å². The third-order valence-electron chi connectivity index (χ3n) is 5.52. The van der Waals surface area contributed by atoms with E-state index in [1.807, 2.05) is 19.2 Å². The lowest BCUT2D eigenvalue weighted by Crippen LogP contribution is -2.43. The minimum Gasteiger partial charge on any atom is -0.444 e. The van der Waals surface area contributed by atoms with Crippen molar-refractivity contribution in [2.45, 2.75) is 38.7 Å². The first-order valence-electron chi connectivity index (χ1n) is 9.97. The van der Waals surface area contributed by atoms with Crippen LogP contribution in [0.2, 0.25) is 0 Å². The molecular weight excluding hydrogens is 356 g/mol. The minimum absolute atomic E-state index is 0.137. The normalized spacial score (nSPS) is 19.9. The number of amides is 1. The molecule has 5 rings (SSSR count). The molecule has 1 saturated carbocycles. The van der Waals surface area contributed by atoms with Crippen LogP contribution in [0.25, 0.3) is 21.9 Å². The number of hydrogen-bond donors (Lipinski definition) is 2. The lowest BCUT2D eigenvalue weighted by atomic mass is 10.1. The second kappa shape index (κ2) is 6.92. The Balaban J connectivity index is 1.41. The maximum absolute atomic E-state index is 12.1. The van der Waals surface area contributed by atoms with E-state index in [1.165, 1.54) is 12.8 Å². The minimum atomic E-state index is -0.306. The fourth-order valence-electron chi connectivity index (χ4n) is 3.92. The first kappa shape index (κ1) is 17.2. The average molecular weight is 380 g/mol. The number of aromatic nitrogens is 4. The van der Waals surface area contributed by atoms with Crippen molar-refractivity contribution in [2.75, 3.05) is 24.5 Å². The van der Waals surface area contributed by atoms with Gasteiger partial charge >= 0.3 is 6.09 Å². The molecule has 1 saturated heterocycles. The Kier molecular flexibility index (Phi) is 4.26. The van der Waals surface area contributed by atoms with Gasteiger partial charge in [-0.05, 0) is 44.6 Å². The average Bonchev–Trinajstić information content (AvgIpc) is 3.40. The van der Waals surface area contributed by atoms with Gasteiger partial charge in [-0.15, -0.1) is 0 Å². The molecular formula is C20H24N6O2. The van der Waals surface area contributed by atoms with Crippen molar-refractivity contribution >= 4 is 33.8 Å². The summed E-state index contributed by atoms with van der Waals surface area (Å²) in [4.78, 5) is 31.2. The Bertz CT molecular complexity index is 1030. The SMILES string of the molecule is Cc1nc(N2CCCC(OC(=O)NCC3CC3)C2)c2c(cnc3[nH]ccc32)n1. The van der Waals surface area contributed by atoms with E-state index in [-0.39, 0.29) is 12.2 Å². The molecule has 2 fully saturated rings. The molecule has 1 aliphatic heterocycles. The highest BCUT2D eigenvalue weighted by Crippen LogP contribution is 2.32. The molecule has 0 spiro atoms. The Morgan fingerprint density at radius 3 is 3.11 bits per heavy atom. The number of ether oxygens (including phenoxy) is 1. The molecule has 3 aromatic rings. The topological polar surface area (TPSA) is 96.0 Å². The number of hydrogen-bond acceptors (Lipinski definition) is 6. The number of pyridine rings is 1. The van der Waals surface area contributed by atoms with Gasteiger partial charge in [-0.2, -0.15) is 0 Å². The standard InChI is InChI=1S/C20H24N6O2/c1-12-24-16-10-22-18-15(6-7-21-18)17(16)19(25-12)26-8-2-3-14(11-26)28-20(27)23-9-13-4-5-13/h6-7,10,13-14H,2-5,8-9,11H2,1H3,(H,21,22)(H,23,27). The molecule has 8 heteroatoms. The number of alkyl carbamates (subject to hydrolysis) is 1. The van der Waals surface area contributed by atoms with Crippen LogP contribution in [0.4, 0.5) is 10.6 Å². The zero-order valence-corrected chi connectivity index (χ0v) is 15.9. The van der Waals surface area contributed by atoms with Crippen molar-refractivity contribution in [1.82, 2.24) is 25.3 Å². The van der Waals surface area contributed by atoms with Crippen molar-refractivity contribution in [3.05, 3.63) is 24.3 Å². The molecule has 146 valence electrons. The van der Waals surface area contributed by atoms with E-state index in [1.54, 1.807) is 6.20 Å². The fourth-order valence-corrected chi connectivity index (χ4v) is 3.92. The molecule has 2 N–H and O–H groups in total. The van der Waals surface area contributed by atoms with Gasteiger partial charge in [-0.25, -0.2) is 19.7 Å². The molecule has 2 aliphatic rings. The molecule has 1 aliphatic carbocycles. The second-order valence-electron chi connectivity index (χ2n) is 7.79. The molecule has 8 nitrogen and oxygen atoms in total. The lowest BCUT2D eigenvalue weighted by molar-refractivity contribution is 0.0880. The number of nitrogens with zero attached hydrogens (tertiary/aromatic N) is 4. The summed E-state index contributed by atoms with van der Waals surface area (Å²) in [5.41, 5.74) is 1.66. The van der Waals surface area contributed by atoms with Crippen LogP contribution in [0.5, 0.6) is 0 Å². The van der Waals surface area contributed by atoms with Gasteiger partial charge in [-0.1, -0.05) is 0 Å². The maximum Gasteiger partial charge on any atom is 0.407 e. The van der Waals surface area contributed by atoms with Crippen LogP contribution in [-0.2, 0) is 4.74 Å². The first-order chi connectivity index (χ1) is 13.7. The number of nitrogens with one attached hydrogen (secondary N) is 2. The van der Waals surface area contributed by atoms with Gasteiger partial charge in [0.1, 0.15) is 23.4 Å². The van der Waals surface area contributed by atoms with Gasteiger partial charge in [0.25, 0.3) is 0 Å². The van der Waals surface area contributed by atoms with Crippen molar-refractivity contribution in [1.29, 1.82) is 0 Å². The third kappa shape index (κ3) is 3.34. The summed E-state index contributed by atoms with van der Waals surface area (Å²) in [5, 5.41) is 4.90. The Labute approximate surface area is 162 Å². The van der Waals surface area contributed by atoms with Crippen LogP contribution >= 0.6 is 0 Å². The second-order valence-corrected chi connectivity index (χ2v) is 7.79. The van der Waals surface area contributed by atoms with E-state index in [9.17, 15) is 4.79 Å². The summed E-state index contributed by atoms with van der Waals surface area (Å²) < 4.78 is 5.68. The van der Waals surface area contributed by atoms with Crippen LogP contribution in [0.3, 0.4) is 0 Å². The molecule has 0 aromatic carbocycles. The first-order valence-corrected chi connectivity index (χ1v) is 9.97. The zero-order chi connectivity index (χ0) is 19.1. The maximum atomic E-state index is 12.1. The number of carbonyl (C=O) groups excluding carboxylic acids is 1. The van der Waals surface area contributed by atoms with Crippen LogP contribution in [0, 0.1) is 12.8 Å². The quantitative estimate of drug-likeness (QED) is 0.722. The largest absolute Gasteiger partial charge is 0.444 e. The van der Waals surface area contributed by atoms with E-state index < -0.39 is 0 Å². The van der Waals surface area contributed by atoms with Gasteiger partial charge in [0.05, 0.1) is 23.6 Å². The summed E-state index contributed by atoms with van der Waals surface area (Å²) in [6.45, 7) is 4.14. The van der Waals surface area contributed by atoms with Gasteiger partial charge in [0.15, 0.2) is 0 Å². The number of aromatic amines is 1. The van der Waals surface area contributed by atoms with E-state index in [0.717, 1.165) is 53.7 Å². The highest BCUT2D eigenvalue weighted by molar-refractivity contribution is 6.09. The summed E-state index contributed by atoms with van der Waals surface area (Å²) in [6, 6.07) is 2.01. The highest BCUT2D eigenvalue weighted by atomic mass is 16.6. The van der Waals surface area contributed by atoms with Crippen molar-refractivity contribution < 1.29 is 9.53 Å². The predicted octanol–water partition coefficient (Wildman–Crippen LogP) is 2.92. The predicted molar refractivity (Wildman–Crippen MR) is 106 cm³/mol. The third-order valence-corrected chi connectivity index (χ3v) is 5.52. The molecule has 3 aromatic heterocycles. The van der Waals surface area contributed by atoms with Crippen LogP contribution in [0.15, 0.2) is 18.5 Å². The molecule has 1 atom stereocenters. The monoisotopic (exact) mass is 380 g/mol. The smallest absolute Gasteiger partial charge is 0.407 e. The lowest BCUT2D eigenvalue weighted by Gasteiger charge is -2.33. The van der Waals surface area contributed by atoms with Crippen LogP contribution in [-0.4, -0.2) is 51.8 Å². The van der Waals surface area contributed by atoms with Crippen LogP contribution < -0.4 is 10.2 Å². The number of carbonyl (C=O) groups is 1.